The second-order valence-corrected chi connectivity index (χ2v) is 8.37. The van der Waals surface area contributed by atoms with Crippen LogP contribution in [0, 0.1) is 13.8 Å². The van der Waals surface area contributed by atoms with E-state index in [1.54, 1.807) is 24.4 Å². The topological polar surface area (TPSA) is 66.3 Å². The van der Waals surface area contributed by atoms with Crippen LogP contribution in [0.4, 0.5) is 11.4 Å². The average molecular weight is 459 g/mol. The molecule has 0 unspecified atom stereocenters. The van der Waals surface area contributed by atoms with Crippen molar-refractivity contribution in [3.63, 3.8) is 0 Å². The zero-order valence-electron chi connectivity index (χ0n) is 17.5. The second kappa shape index (κ2) is 9.26. The number of rotatable bonds is 5. The van der Waals surface area contributed by atoms with E-state index in [9.17, 15) is 4.79 Å². The molecule has 1 aliphatic heterocycles. The van der Waals surface area contributed by atoms with Gasteiger partial charge < -0.3 is 10.2 Å². The Hall–Kier alpha value is -2.61. The van der Waals surface area contributed by atoms with Gasteiger partial charge in [0.1, 0.15) is 0 Å². The van der Waals surface area contributed by atoms with Gasteiger partial charge in [-0.25, -0.2) is 9.67 Å². The van der Waals surface area contributed by atoms with E-state index in [2.05, 4.69) is 27.0 Å². The number of hydrogen-bond donors (Lipinski definition) is 1. The summed E-state index contributed by atoms with van der Waals surface area (Å²) in [5.41, 5.74) is 3.84. The van der Waals surface area contributed by atoms with Gasteiger partial charge in [0.2, 0.25) is 5.91 Å². The Morgan fingerprint density at radius 3 is 2.52 bits per heavy atom. The van der Waals surface area contributed by atoms with E-state index in [1.807, 2.05) is 29.8 Å². The van der Waals surface area contributed by atoms with Crippen LogP contribution >= 0.6 is 23.2 Å². The molecule has 31 heavy (non-hydrogen) atoms. The fraction of sp³-hybridized carbons (Fsp3) is 0.318. The maximum atomic E-state index is 12.4. The van der Waals surface area contributed by atoms with E-state index in [4.69, 9.17) is 28.3 Å². The number of benzene rings is 1. The van der Waals surface area contributed by atoms with E-state index in [-0.39, 0.29) is 5.91 Å². The molecular formula is C22H24Cl2N6O. The Morgan fingerprint density at radius 1 is 1.06 bits per heavy atom. The standard InChI is InChI=1S/C22H24Cl2N6O/c1-15-22(16(2)30(27-15)20-5-3-4-8-25-20)29-11-9-28(10-12-29)14-21(31)26-17-6-7-18(23)19(24)13-17/h3-8,13H,9-12,14H2,1-2H3,(H,26,31). The lowest BCUT2D eigenvalue weighted by molar-refractivity contribution is -0.117. The minimum Gasteiger partial charge on any atom is -0.366 e. The SMILES string of the molecule is Cc1nn(-c2ccccn2)c(C)c1N1CCN(CC(=O)Nc2ccc(Cl)c(Cl)c2)CC1. The normalized spacial score (nSPS) is 14.6. The molecule has 1 saturated heterocycles. The van der Waals surface area contributed by atoms with Crippen molar-refractivity contribution in [3.05, 3.63) is 64.0 Å². The Bertz CT molecular complexity index is 1080. The van der Waals surface area contributed by atoms with Gasteiger partial charge in [-0.3, -0.25) is 9.69 Å². The fourth-order valence-corrected chi connectivity index (χ4v) is 4.20. The first-order valence-corrected chi connectivity index (χ1v) is 10.9. The van der Waals surface area contributed by atoms with Gasteiger partial charge >= 0.3 is 0 Å². The molecule has 0 atom stereocenters. The highest BCUT2D eigenvalue weighted by Crippen LogP contribution is 2.27. The van der Waals surface area contributed by atoms with Crippen molar-refractivity contribution in [2.75, 3.05) is 42.9 Å². The van der Waals surface area contributed by atoms with Crippen molar-refractivity contribution in [2.24, 2.45) is 0 Å². The zero-order valence-corrected chi connectivity index (χ0v) is 19.0. The van der Waals surface area contributed by atoms with Gasteiger partial charge in [-0.15, -0.1) is 0 Å². The van der Waals surface area contributed by atoms with Gasteiger partial charge in [0, 0.05) is 38.1 Å². The number of pyridine rings is 1. The predicted octanol–water partition coefficient (Wildman–Crippen LogP) is 3.95. The molecule has 1 N–H and O–H groups in total. The molecule has 3 heterocycles. The molecule has 3 aromatic rings. The van der Waals surface area contributed by atoms with Crippen LogP contribution in [0.2, 0.25) is 10.0 Å². The fourth-order valence-electron chi connectivity index (χ4n) is 3.90. The maximum Gasteiger partial charge on any atom is 0.238 e. The molecular weight excluding hydrogens is 435 g/mol. The lowest BCUT2D eigenvalue weighted by Crippen LogP contribution is -2.49. The number of carbonyl (C=O) groups is 1. The second-order valence-electron chi connectivity index (χ2n) is 7.56. The molecule has 1 fully saturated rings. The highest BCUT2D eigenvalue weighted by atomic mass is 35.5. The van der Waals surface area contributed by atoms with Crippen molar-refractivity contribution in [3.8, 4) is 5.82 Å². The number of anilines is 2. The minimum atomic E-state index is -0.0674. The number of aryl methyl sites for hydroxylation is 1. The number of aromatic nitrogens is 3. The summed E-state index contributed by atoms with van der Waals surface area (Å²) in [5.74, 6) is 0.745. The van der Waals surface area contributed by atoms with Crippen LogP contribution in [0.1, 0.15) is 11.4 Å². The van der Waals surface area contributed by atoms with Crippen LogP contribution in [0.25, 0.3) is 5.82 Å². The number of amides is 1. The van der Waals surface area contributed by atoms with E-state index in [1.165, 1.54) is 0 Å². The van der Waals surface area contributed by atoms with Crippen molar-refractivity contribution < 1.29 is 4.79 Å². The smallest absolute Gasteiger partial charge is 0.238 e. The van der Waals surface area contributed by atoms with Gasteiger partial charge in [-0.2, -0.15) is 5.10 Å². The number of halogens is 2. The largest absolute Gasteiger partial charge is 0.366 e. The molecule has 0 bridgehead atoms. The van der Waals surface area contributed by atoms with Gasteiger partial charge in [0.15, 0.2) is 5.82 Å². The third-order valence-corrected chi connectivity index (χ3v) is 6.12. The van der Waals surface area contributed by atoms with E-state index < -0.39 is 0 Å². The average Bonchev–Trinajstić information content (AvgIpc) is 3.06. The summed E-state index contributed by atoms with van der Waals surface area (Å²) in [4.78, 5) is 21.3. The molecule has 0 aliphatic carbocycles. The van der Waals surface area contributed by atoms with E-state index >= 15 is 0 Å². The first-order valence-electron chi connectivity index (χ1n) is 10.1. The highest BCUT2D eigenvalue weighted by molar-refractivity contribution is 6.42. The first kappa shape index (κ1) is 21.6. The Kier molecular flexibility index (Phi) is 6.46. The summed E-state index contributed by atoms with van der Waals surface area (Å²) in [6.07, 6.45) is 1.77. The first-order chi connectivity index (χ1) is 14.9. The molecule has 0 spiro atoms. The lowest BCUT2D eigenvalue weighted by Gasteiger charge is -2.35. The van der Waals surface area contributed by atoms with Crippen molar-refractivity contribution in [1.29, 1.82) is 0 Å². The zero-order chi connectivity index (χ0) is 22.0. The summed E-state index contributed by atoms with van der Waals surface area (Å²) in [7, 11) is 0. The molecule has 2 aromatic heterocycles. The minimum absolute atomic E-state index is 0.0674. The maximum absolute atomic E-state index is 12.4. The van der Waals surface area contributed by atoms with Gasteiger partial charge in [0.05, 0.1) is 33.7 Å². The van der Waals surface area contributed by atoms with E-state index in [0.29, 0.717) is 22.3 Å². The van der Waals surface area contributed by atoms with Crippen LogP contribution in [0.3, 0.4) is 0 Å². The number of piperazine rings is 1. The molecule has 0 saturated carbocycles. The van der Waals surface area contributed by atoms with Gasteiger partial charge in [0.25, 0.3) is 0 Å². The van der Waals surface area contributed by atoms with Gasteiger partial charge in [-0.1, -0.05) is 29.3 Å². The van der Waals surface area contributed by atoms with Crippen molar-refractivity contribution in [2.45, 2.75) is 13.8 Å². The van der Waals surface area contributed by atoms with Crippen LogP contribution in [-0.2, 0) is 4.79 Å². The van der Waals surface area contributed by atoms with Crippen molar-refractivity contribution in [1.82, 2.24) is 19.7 Å². The molecule has 7 nitrogen and oxygen atoms in total. The summed E-state index contributed by atoms with van der Waals surface area (Å²) in [6.45, 7) is 7.68. The summed E-state index contributed by atoms with van der Waals surface area (Å²) in [5, 5.41) is 8.47. The van der Waals surface area contributed by atoms with Gasteiger partial charge in [-0.05, 0) is 44.2 Å². The Labute approximate surface area is 191 Å². The number of nitrogens with zero attached hydrogens (tertiary/aromatic N) is 5. The molecule has 0 radical (unpaired) electrons. The lowest BCUT2D eigenvalue weighted by atomic mass is 10.2. The molecule has 1 aromatic carbocycles. The number of carbonyl (C=O) groups excluding carboxylic acids is 1. The molecule has 162 valence electrons. The summed E-state index contributed by atoms with van der Waals surface area (Å²) >= 11 is 11.9. The van der Waals surface area contributed by atoms with Crippen LogP contribution in [0.15, 0.2) is 42.6 Å². The third-order valence-electron chi connectivity index (χ3n) is 5.38. The molecule has 1 aliphatic rings. The number of nitrogens with one attached hydrogen (secondary N) is 1. The Morgan fingerprint density at radius 2 is 1.84 bits per heavy atom. The number of hydrogen-bond acceptors (Lipinski definition) is 5. The third kappa shape index (κ3) is 4.84. The van der Waals surface area contributed by atoms with Crippen LogP contribution in [0.5, 0.6) is 0 Å². The predicted molar refractivity (Wildman–Crippen MR) is 125 cm³/mol. The van der Waals surface area contributed by atoms with Crippen LogP contribution in [-0.4, -0.2) is 58.3 Å². The summed E-state index contributed by atoms with van der Waals surface area (Å²) in [6, 6.07) is 10.9. The van der Waals surface area contributed by atoms with Crippen molar-refractivity contribution >= 4 is 40.5 Å². The molecule has 9 heteroatoms. The summed E-state index contributed by atoms with van der Waals surface area (Å²) < 4.78 is 1.89. The van der Waals surface area contributed by atoms with Crippen LogP contribution < -0.4 is 10.2 Å². The monoisotopic (exact) mass is 458 g/mol. The van der Waals surface area contributed by atoms with E-state index in [0.717, 1.165) is 49.1 Å². The highest BCUT2D eigenvalue weighted by Gasteiger charge is 2.24. The molecule has 1 amide bonds. The Balaban J connectivity index is 1.36. The quantitative estimate of drug-likeness (QED) is 0.626. The molecule has 4 rings (SSSR count).